The fraction of sp³-hybridized carbons (Fsp3) is 0.625. The standard InChI is InChI=1S/C16H23ClN4O2S/c1-18-16(19-11-12-4-5-14(17)24-12)21-8-6-20(7-9-21)15(22)13-3-2-10-23-13/h4-5,13H,2-3,6-11H2,1H3,(H,18,19). The van der Waals surface area contributed by atoms with E-state index in [2.05, 4.69) is 15.2 Å². The van der Waals surface area contributed by atoms with Crippen LogP contribution < -0.4 is 5.32 Å². The summed E-state index contributed by atoms with van der Waals surface area (Å²) in [5, 5.41) is 3.37. The predicted octanol–water partition coefficient (Wildman–Crippen LogP) is 1.80. The van der Waals surface area contributed by atoms with Gasteiger partial charge in [0.05, 0.1) is 10.9 Å². The first-order valence-electron chi connectivity index (χ1n) is 8.27. The number of aliphatic imine (C=N–C) groups is 1. The maximum absolute atomic E-state index is 12.4. The first-order chi connectivity index (χ1) is 11.7. The van der Waals surface area contributed by atoms with Crippen molar-refractivity contribution in [1.29, 1.82) is 0 Å². The Morgan fingerprint density at radius 3 is 2.71 bits per heavy atom. The van der Waals surface area contributed by atoms with E-state index in [0.29, 0.717) is 26.2 Å². The summed E-state index contributed by atoms with van der Waals surface area (Å²) in [6.45, 7) is 4.40. The van der Waals surface area contributed by atoms with Crippen molar-refractivity contribution in [2.45, 2.75) is 25.5 Å². The van der Waals surface area contributed by atoms with Gasteiger partial charge in [-0.15, -0.1) is 11.3 Å². The number of halogens is 1. The first kappa shape index (κ1) is 17.5. The van der Waals surface area contributed by atoms with Gasteiger partial charge in [0.15, 0.2) is 5.96 Å². The number of carbonyl (C=O) groups excluding carboxylic acids is 1. The molecule has 2 aliphatic heterocycles. The van der Waals surface area contributed by atoms with E-state index in [1.165, 1.54) is 4.88 Å². The summed E-state index contributed by atoms with van der Waals surface area (Å²) in [5.41, 5.74) is 0. The van der Waals surface area contributed by atoms with Crippen LogP contribution in [-0.2, 0) is 16.1 Å². The number of rotatable bonds is 3. The van der Waals surface area contributed by atoms with Gasteiger partial charge in [-0.25, -0.2) is 0 Å². The molecule has 1 unspecified atom stereocenters. The minimum Gasteiger partial charge on any atom is -0.368 e. The third-order valence-electron chi connectivity index (χ3n) is 4.36. The summed E-state index contributed by atoms with van der Waals surface area (Å²) in [5.74, 6) is 1.01. The second-order valence-corrected chi connectivity index (χ2v) is 7.72. The van der Waals surface area contributed by atoms with Crippen LogP contribution in [0, 0.1) is 0 Å². The van der Waals surface area contributed by atoms with E-state index >= 15 is 0 Å². The fourth-order valence-corrected chi connectivity index (χ4v) is 4.09. The molecule has 132 valence electrons. The second kappa shape index (κ2) is 8.18. The third-order valence-corrected chi connectivity index (χ3v) is 5.59. The monoisotopic (exact) mass is 370 g/mol. The van der Waals surface area contributed by atoms with E-state index in [9.17, 15) is 4.79 Å². The molecule has 6 nitrogen and oxygen atoms in total. The predicted molar refractivity (Wildman–Crippen MR) is 96.7 cm³/mol. The van der Waals surface area contributed by atoms with Crippen molar-refractivity contribution in [2.24, 2.45) is 4.99 Å². The van der Waals surface area contributed by atoms with E-state index in [0.717, 1.165) is 36.2 Å². The van der Waals surface area contributed by atoms with Crippen LogP contribution in [0.15, 0.2) is 17.1 Å². The SMILES string of the molecule is CN=C(NCc1ccc(Cl)s1)N1CCN(C(=O)C2CCCO2)CC1. The first-order valence-corrected chi connectivity index (χ1v) is 9.47. The van der Waals surface area contributed by atoms with Crippen LogP contribution in [-0.4, -0.2) is 67.6 Å². The van der Waals surface area contributed by atoms with Crippen molar-refractivity contribution < 1.29 is 9.53 Å². The van der Waals surface area contributed by atoms with E-state index in [1.54, 1.807) is 18.4 Å². The van der Waals surface area contributed by atoms with Crippen LogP contribution in [0.25, 0.3) is 0 Å². The highest BCUT2D eigenvalue weighted by molar-refractivity contribution is 7.16. The summed E-state index contributed by atoms with van der Waals surface area (Å²) < 4.78 is 6.30. The molecule has 1 N–H and O–H groups in total. The molecular formula is C16H23ClN4O2S. The molecule has 1 atom stereocenters. The molecule has 1 amide bonds. The second-order valence-electron chi connectivity index (χ2n) is 5.92. The molecule has 0 bridgehead atoms. The van der Waals surface area contributed by atoms with Gasteiger partial charge in [0, 0.05) is 44.7 Å². The zero-order valence-corrected chi connectivity index (χ0v) is 15.4. The molecule has 0 aliphatic carbocycles. The third kappa shape index (κ3) is 4.20. The van der Waals surface area contributed by atoms with Gasteiger partial charge in [0.1, 0.15) is 6.10 Å². The molecule has 2 aliphatic rings. The highest BCUT2D eigenvalue weighted by Crippen LogP contribution is 2.21. The smallest absolute Gasteiger partial charge is 0.251 e. The minimum atomic E-state index is -0.224. The molecule has 8 heteroatoms. The van der Waals surface area contributed by atoms with Gasteiger partial charge in [-0.2, -0.15) is 0 Å². The number of hydrogen-bond donors (Lipinski definition) is 1. The summed E-state index contributed by atoms with van der Waals surface area (Å²) in [7, 11) is 1.79. The van der Waals surface area contributed by atoms with Crippen molar-refractivity contribution in [1.82, 2.24) is 15.1 Å². The van der Waals surface area contributed by atoms with Crippen LogP contribution in [0.4, 0.5) is 0 Å². The Labute approximate surface area is 151 Å². The van der Waals surface area contributed by atoms with Crippen molar-refractivity contribution in [3.63, 3.8) is 0 Å². The molecule has 24 heavy (non-hydrogen) atoms. The molecular weight excluding hydrogens is 348 g/mol. The lowest BCUT2D eigenvalue weighted by Crippen LogP contribution is -2.55. The van der Waals surface area contributed by atoms with Gasteiger partial charge in [0.25, 0.3) is 5.91 Å². The van der Waals surface area contributed by atoms with Crippen LogP contribution in [0.2, 0.25) is 4.34 Å². The average molecular weight is 371 g/mol. The Hall–Kier alpha value is -1.31. The topological polar surface area (TPSA) is 57.2 Å². The molecule has 3 heterocycles. The number of hydrogen-bond acceptors (Lipinski definition) is 4. The Bertz CT molecular complexity index is 593. The maximum atomic E-state index is 12.4. The van der Waals surface area contributed by atoms with Gasteiger partial charge >= 0.3 is 0 Å². The molecule has 2 fully saturated rings. The largest absolute Gasteiger partial charge is 0.368 e. The Morgan fingerprint density at radius 1 is 1.38 bits per heavy atom. The number of thiophene rings is 1. The van der Waals surface area contributed by atoms with Gasteiger partial charge in [0.2, 0.25) is 0 Å². The molecule has 0 aromatic carbocycles. The lowest BCUT2D eigenvalue weighted by molar-refractivity contribution is -0.142. The number of piperazine rings is 1. The van der Waals surface area contributed by atoms with Gasteiger partial charge in [-0.3, -0.25) is 9.79 Å². The van der Waals surface area contributed by atoms with Gasteiger partial charge < -0.3 is 19.9 Å². The van der Waals surface area contributed by atoms with E-state index in [4.69, 9.17) is 16.3 Å². The Kier molecular flexibility index (Phi) is 5.97. The normalized spacial score (nSPS) is 22.1. The van der Waals surface area contributed by atoms with Gasteiger partial charge in [-0.05, 0) is 25.0 Å². The minimum absolute atomic E-state index is 0.142. The zero-order valence-electron chi connectivity index (χ0n) is 13.8. The van der Waals surface area contributed by atoms with Crippen LogP contribution in [0.5, 0.6) is 0 Å². The van der Waals surface area contributed by atoms with Gasteiger partial charge in [-0.1, -0.05) is 11.6 Å². The molecule has 0 spiro atoms. The van der Waals surface area contributed by atoms with Crippen LogP contribution in [0.1, 0.15) is 17.7 Å². The number of guanidine groups is 1. The summed E-state index contributed by atoms with van der Waals surface area (Å²) in [6, 6.07) is 3.92. The van der Waals surface area contributed by atoms with Crippen molar-refractivity contribution >= 4 is 34.8 Å². The van der Waals surface area contributed by atoms with E-state index in [1.807, 2.05) is 17.0 Å². The van der Waals surface area contributed by atoms with E-state index in [-0.39, 0.29) is 12.0 Å². The number of nitrogens with zero attached hydrogens (tertiary/aromatic N) is 3. The summed E-state index contributed by atoms with van der Waals surface area (Å²) in [6.07, 6.45) is 1.61. The maximum Gasteiger partial charge on any atom is 0.251 e. The van der Waals surface area contributed by atoms with Crippen LogP contribution >= 0.6 is 22.9 Å². The van der Waals surface area contributed by atoms with Crippen LogP contribution in [0.3, 0.4) is 0 Å². The van der Waals surface area contributed by atoms with Crippen molar-refractivity contribution in [3.05, 3.63) is 21.3 Å². The average Bonchev–Trinajstić information content (AvgIpc) is 3.27. The number of amides is 1. The molecule has 2 saturated heterocycles. The highest BCUT2D eigenvalue weighted by Gasteiger charge is 2.30. The molecule has 3 rings (SSSR count). The molecule has 0 radical (unpaired) electrons. The number of nitrogens with one attached hydrogen (secondary N) is 1. The van der Waals surface area contributed by atoms with Crippen molar-refractivity contribution in [3.8, 4) is 0 Å². The Morgan fingerprint density at radius 2 is 2.12 bits per heavy atom. The summed E-state index contributed by atoms with van der Waals surface area (Å²) >= 11 is 7.53. The highest BCUT2D eigenvalue weighted by atomic mass is 35.5. The quantitative estimate of drug-likeness (QED) is 0.651. The summed E-state index contributed by atoms with van der Waals surface area (Å²) in [4.78, 5) is 22.0. The fourth-order valence-electron chi connectivity index (χ4n) is 3.06. The lowest BCUT2D eigenvalue weighted by atomic mass is 10.2. The number of carbonyl (C=O) groups is 1. The van der Waals surface area contributed by atoms with Crippen molar-refractivity contribution in [2.75, 3.05) is 39.8 Å². The number of ether oxygens (including phenoxy) is 1. The van der Waals surface area contributed by atoms with E-state index < -0.39 is 0 Å². The Balaban J connectivity index is 1.48. The molecule has 0 saturated carbocycles. The molecule has 1 aromatic rings. The lowest BCUT2D eigenvalue weighted by Gasteiger charge is -2.37. The zero-order chi connectivity index (χ0) is 16.9. The molecule has 1 aromatic heterocycles.